The topological polar surface area (TPSA) is 58.4 Å². The standard InChI is InChI=1S/C25H26N4O2/c1-27-24(31)28(23(30)25(27)15-9-4-10-16-25)17-20-18-29(21-13-7-3-8-14-21)26-22(20)19-11-5-2-6-12-19/h2-3,5-8,11-14,18H,4,9-10,15-17H2,1H3. The van der Waals surface area contributed by atoms with Crippen LogP contribution in [0.2, 0.25) is 0 Å². The van der Waals surface area contributed by atoms with E-state index in [0.29, 0.717) is 0 Å². The number of carbonyl (C=O) groups is 2. The van der Waals surface area contributed by atoms with E-state index in [1.165, 1.54) is 4.90 Å². The molecule has 0 bridgehead atoms. The molecule has 1 spiro atoms. The molecule has 3 amide bonds. The SMILES string of the molecule is CN1C(=O)N(Cc2cn(-c3ccccc3)nc2-c2ccccc2)C(=O)C12CCCCC2. The number of carbonyl (C=O) groups excluding carboxylic acids is 2. The first-order valence-corrected chi connectivity index (χ1v) is 10.9. The van der Waals surface area contributed by atoms with Gasteiger partial charge in [-0.2, -0.15) is 5.10 Å². The van der Waals surface area contributed by atoms with Crippen LogP contribution in [0.1, 0.15) is 37.7 Å². The molecule has 1 saturated heterocycles. The van der Waals surface area contributed by atoms with E-state index in [1.54, 1.807) is 11.9 Å². The van der Waals surface area contributed by atoms with Crippen molar-refractivity contribution in [1.82, 2.24) is 19.6 Å². The van der Waals surface area contributed by atoms with Crippen LogP contribution in [-0.2, 0) is 11.3 Å². The molecular weight excluding hydrogens is 388 g/mol. The van der Waals surface area contributed by atoms with E-state index in [2.05, 4.69) is 0 Å². The molecular formula is C25H26N4O2. The summed E-state index contributed by atoms with van der Waals surface area (Å²) in [7, 11) is 1.77. The smallest absolute Gasteiger partial charge is 0.313 e. The number of rotatable bonds is 4. The number of amides is 3. The fourth-order valence-electron chi connectivity index (χ4n) is 4.92. The van der Waals surface area contributed by atoms with Crippen LogP contribution in [0, 0.1) is 0 Å². The van der Waals surface area contributed by atoms with Crippen molar-refractivity contribution >= 4 is 11.9 Å². The Morgan fingerprint density at radius 3 is 2.23 bits per heavy atom. The summed E-state index contributed by atoms with van der Waals surface area (Å²) < 4.78 is 1.82. The van der Waals surface area contributed by atoms with Crippen molar-refractivity contribution in [3.63, 3.8) is 0 Å². The predicted molar refractivity (Wildman–Crippen MR) is 119 cm³/mol. The first-order chi connectivity index (χ1) is 15.1. The second-order valence-corrected chi connectivity index (χ2v) is 8.47. The summed E-state index contributed by atoms with van der Waals surface area (Å²) in [5.41, 5.74) is 2.88. The van der Waals surface area contributed by atoms with Crippen molar-refractivity contribution in [2.75, 3.05) is 7.05 Å². The fourth-order valence-corrected chi connectivity index (χ4v) is 4.92. The number of benzene rings is 2. The molecule has 0 N–H and O–H groups in total. The van der Waals surface area contributed by atoms with Gasteiger partial charge in [-0.3, -0.25) is 9.69 Å². The van der Waals surface area contributed by atoms with Crippen molar-refractivity contribution in [1.29, 1.82) is 0 Å². The molecule has 2 fully saturated rings. The highest BCUT2D eigenvalue weighted by molar-refractivity contribution is 6.07. The third-order valence-electron chi connectivity index (χ3n) is 6.67. The highest BCUT2D eigenvalue weighted by Gasteiger charge is 2.55. The molecule has 1 saturated carbocycles. The summed E-state index contributed by atoms with van der Waals surface area (Å²) in [6.45, 7) is 0.223. The molecule has 1 aromatic heterocycles. The number of imide groups is 1. The highest BCUT2D eigenvalue weighted by Crippen LogP contribution is 2.40. The normalized spacial score (nSPS) is 18.2. The van der Waals surface area contributed by atoms with Gasteiger partial charge in [-0.15, -0.1) is 0 Å². The minimum absolute atomic E-state index is 0.0637. The van der Waals surface area contributed by atoms with Crippen molar-refractivity contribution in [3.05, 3.63) is 72.4 Å². The number of likely N-dealkylation sites (N-methyl/N-ethyl adjacent to an activating group) is 1. The monoisotopic (exact) mass is 414 g/mol. The van der Waals surface area contributed by atoms with Crippen LogP contribution in [0.15, 0.2) is 66.9 Å². The van der Waals surface area contributed by atoms with Gasteiger partial charge in [-0.05, 0) is 25.0 Å². The van der Waals surface area contributed by atoms with Crippen LogP contribution >= 0.6 is 0 Å². The van der Waals surface area contributed by atoms with Crippen LogP contribution in [-0.4, -0.2) is 44.1 Å². The molecule has 0 unspecified atom stereocenters. The number of urea groups is 1. The summed E-state index contributed by atoms with van der Waals surface area (Å²) in [5.74, 6) is -0.0637. The molecule has 158 valence electrons. The van der Waals surface area contributed by atoms with Crippen molar-refractivity contribution < 1.29 is 9.59 Å². The number of nitrogens with zero attached hydrogens (tertiary/aromatic N) is 4. The molecule has 0 atom stereocenters. The van der Waals surface area contributed by atoms with Gasteiger partial charge in [0, 0.05) is 24.4 Å². The van der Waals surface area contributed by atoms with Crippen molar-refractivity contribution in [3.8, 4) is 16.9 Å². The molecule has 1 aliphatic carbocycles. The zero-order valence-corrected chi connectivity index (χ0v) is 17.7. The van der Waals surface area contributed by atoms with Crippen molar-refractivity contribution in [2.24, 2.45) is 0 Å². The number of aromatic nitrogens is 2. The summed E-state index contributed by atoms with van der Waals surface area (Å²) in [5, 5.41) is 4.82. The summed E-state index contributed by atoms with van der Waals surface area (Å²) in [6, 6.07) is 19.6. The maximum absolute atomic E-state index is 13.5. The molecule has 2 heterocycles. The molecule has 2 aliphatic rings. The average Bonchev–Trinajstić information content (AvgIpc) is 3.32. The predicted octanol–water partition coefficient (Wildman–Crippen LogP) is 4.64. The van der Waals surface area contributed by atoms with Gasteiger partial charge in [0.25, 0.3) is 5.91 Å². The Labute approximate surface area is 182 Å². The first kappa shape index (κ1) is 19.5. The minimum Gasteiger partial charge on any atom is -0.313 e. The summed E-state index contributed by atoms with van der Waals surface area (Å²) in [6.07, 6.45) is 6.53. The first-order valence-electron chi connectivity index (χ1n) is 10.9. The molecule has 6 nitrogen and oxygen atoms in total. The van der Waals surface area contributed by atoms with Gasteiger partial charge < -0.3 is 4.90 Å². The van der Waals surface area contributed by atoms with Crippen LogP contribution in [0.5, 0.6) is 0 Å². The molecule has 0 radical (unpaired) electrons. The maximum atomic E-state index is 13.5. The van der Waals surface area contributed by atoms with E-state index in [-0.39, 0.29) is 18.5 Å². The summed E-state index contributed by atoms with van der Waals surface area (Å²) in [4.78, 5) is 29.7. The van der Waals surface area contributed by atoms with E-state index in [9.17, 15) is 9.59 Å². The highest BCUT2D eigenvalue weighted by atomic mass is 16.2. The van der Waals surface area contributed by atoms with E-state index in [4.69, 9.17) is 5.10 Å². The Bertz CT molecular complexity index is 1100. The Hall–Kier alpha value is -3.41. The van der Waals surface area contributed by atoms with Crippen molar-refractivity contribution in [2.45, 2.75) is 44.2 Å². The third kappa shape index (κ3) is 3.23. The lowest BCUT2D eigenvalue weighted by Gasteiger charge is -2.35. The Morgan fingerprint density at radius 1 is 0.903 bits per heavy atom. The number of para-hydroxylation sites is 1. The van der Waals surface area contributed by atoms with E-state index >= 15 is 0 Å². The zero-order chi connectivity index (χ0) is 21.4. The molecule has 31 heavy (non-hydrogen) atoms. The molecule has 2 aromatic carbocycles. The van der Waals surface area contributed by atoms with Gasteiger partial charge in [-0.25, -0.2) is 9.48 Å². The van der Waals surface area contributed by atoms with Gasteiger partial charge in [-0.1, -0.05) is 67.8 Å². The largest absolute Gasteiger partial charge is 0.327 e. The zero-order valence-electron chi connectivity index (χ0n) is 17.7. The third-order valence-corrected chi connectivity index (χ3v) is 6.67. The lowest BCUT2D eigenvalue weighted by atomic mass is 9.80. The van der Waals surface area contributed by atoms with Gasteiger partial charge in [0.15, 0.2) is 0 Å². The van der Waals surface area contributed by atoms with Gasteiger partial charge in [0.1, 0.15) is 5.54 Å². The van der Waals surface area contributed by atoms with Crippen LogP contribution in [0.4, 0.5) is 4.79 Å². The summed E-state index contributed by atoms with van der Waals surface area (Å²) >= 11 is 0. The quantitative estimate of drug-likeness (QED) is 0.585. The molecule has 5 rings (SSSR count). The Morgan fingerprint density at radius 2 is 1.55 bits per heavy atom. The van der Waals surface area contributed by atoms with E-state index in [0.717, 1.165) is 54.6 Å². The molecule has 3 aromatic rings. The molecule has 1 aliphatic heterocycles. The van der Waals surface area contributed by atoms with Crippen LogP contribution in [0.3, 0.4) is 0 Å². The van der Waals surface area contributed by atoms with Gasteiger partial charge >= 0.3 is 6.03 Å². The maximum Gasteiger partial charge on any atom is 0.327 e. The van der Waals surface area contributed by atoms with Crippen LogP contribution < -0.4 is 0 Å². The lowest BCUT2D eigenvalue weighted by molar-refractivity contribution is -0.134. The Kier molecular flexibility index (Phi) is 4.85. The number of hydrogen-bond acceptors (Lipinski definition) is 3. The van der Waals surface area contributed by atoms with Gasteiger partial charge in [0.05, 0.1) is 17.9 Å². The Balaban J connectivity index is 1.53. The fraction of sp³-hybridized carbons (Fsp3) is 0.320. The van der Waals surface area contributed by atoms with Gasteiger partial charge in [0.2, 0.25) is 0 Å². The average molecular weight is 415 g/mol. The van der Waals surface area contributed by atoms with E-state index < -0.39 is 5.54 Å². The minimum atomic E-state index is -0.669. The number of hydrogen-bond donors (Lipinski definition) is 0. The second kappa shape index (κ2) is 7.69. The molecule has 6 heteroatoms. The van der Waals surface area contributed by atoms with E-state index in [1.807, 2.05) is 71.5 Å². The second-order valence-electron chi connectivity index (χ2n) is 8.47. The van der Waals surface area contributed by atoms with Crippen LogP contribution in [0.25, 0.3) is 16.9 Å². The lowest BCUT2D eigenvalue weighted by Crippen LogP contribution is -2.49.